The lowest BCUT2D eigenvalue weighted by molar-refractivity contribution is -0.149. The number of aliphatic hydroxyl groups is 1. The fraction of sp³-hybridized carbons (Fsp3) is 1.00. The third-order valence-corrected chi connectivity index (χ3v) is 5.30. The second-order valence-electron chi connectivity index (χ2n) is 8.75. The van der Waals surface area contributed by atoms with E-state index in [0.29, 0.717) is 6.10 Å². The van der Waals surface area contributed by atoms with Gasteiger partial charge in [0.1, 0.15) is 6.10 Å². The van der Waals surface area contributed by atoms with Crippen LogP contribution in [0.2, 0.25) is 0 Å². The summed E-state index contributed by atoms with van der Waals surface area (Å²) in [5, 5.41) is 9.39. The first-order valence-electron chi connectivity index (χ1n) is 10.6. The Morgan fingerprint density at radius 3 is 1.77 bits per heavy atom. The lowest BCUT2D eigenvalue weighted by Gasteiger charge is -2.17. The molecule has 2 aliphatic heterocycles. The van der Waals surface area contributed by atoms with Crippen molar-refractivity contribution < 1.29 is 24.1 Å². The van der Waals surface area contributed by atoms with Crippen molar-refractivity contribution in [1.82, 2.24) is 0 Å². The highest BCUT2D eigenvalue weighted by Crippen LogP contribution is 2.31. The molecule has 0 aliphatic carbocycles. The van der Waals surface area contributed by atoms with Crippen molar-refractivity contribution in [1.29, 1.82) is 0 Å². The average Bonchev–Trinajstić information content (AvgIpc) is 3.07. The maximum absolute atomic E-state index is 9.39. The van der Waals surface area contributed by atoms with Crippen LogP contribution in [0.4, 0.5) is 0 Å². The van der Waals surface area contributed by atoms with Crippen LogP contribution in [0.3, 0.4) is 0 Å². The smallest absolute Gasteiger partial charge is 0.163 e. The predicted molar refractivity (Wildman–Crippen MR) is 102 cm³/mol. The van der Waals surface area contributed by atoms with E-state index in [1.54, 1.807) is 0 Å². The third kappa shape index (κ3) is 7.81. The summed E-state index contributed by atoms with van der Waals surface area (Å²) in [6.07, 6.45) is 12.4. The van der Waals surface area contributed by atoms with Crippen molar-refractivity contribution in [2.45, 2.75) is 122 Å². The van der Waals surface area contributed by atoms with E-state index in [-0.39, 0.29) is 24.6 Å². The van der Waals surface area contributed by atoms with E-state index in [1.165, 1.54) is 44.9 Å². The first-order chi connectivity index (χ1) is 12.3. The van der Waals surface area contributed by atoms with Crippen LogP contribution in [-0.4, -0.2) is 48.2 Å². The van der Waals surface area contributed by atoms with E-state index >= 15 is 0 Å². The number of rotatable bonds is 12. The minimum Gasteiger partial charge on any atom is -0.394 e. The molecule has 2 saturated heterocycles. The molecule has 0 unspecified atom stereocenters. The Morgan fingerprint density at radius 1 is 0.692 bits per heavy atom. The van der Waals surface area contributed by atoms with Crippen LogP contribution in [0.25, 0.3) is 0 Å². The fourth-order valence-corrected chi connectivity index (χ4v) is 3.99. The van der Waals surface area contributed by atoms with Gasteiger partial charge in [-0.25, -0.2) is 0 Å². The molecule has 0 spiro atoms. The Morgan fingerprint density at radius 2 is 1.23 bits per heavy atom. The third-order valence-electron chi connectivity index (χ3n) is 5.30. The maximum atomic E-state index is 9.39. The highest BCUT2D eigenvalue weighted by Gasteiger charge is 2.40. The minimum absolute atomic E-state index is 0.0433. The van der Waals surface area contributed by atoms with Crippen LogP contribution in [0.5, 0.6) is 0 Å². The molecule has 0 amide bonds. The SMILES string of the molecule is CC1(C)OC[C@@H](CCCCCCCCCC[C@H]2OC(C)(C)O[C@@H]2CO)O1. The summed E-state index contributed by atoms with van der Waals surface area (Å²) < 4.78 is 23.0. The summed E-state index contributed by atoms with van der Waals surface area (Å²) in [6, 6.07) is 0. The number of ether oxygens (including phenoxy) is 4. The summed E-state index contributed by atoms with van der Waals surface area (Å²) in [5.74, 6) is -0.934. The molecule has 3 atom stereocenters. The van der Waals surface area contributed by atoms with Gasteiger partial charge in [0.05, 0.1) is 25.4 Å². The van der Waals surface area contributed by atoms with E-state index < -0.39 is 5.79 Å². The zero-order valence-corrected chi connectivity index (χ0v) is 17.3. The molecule has 0 aromatic rings. The molecule has 154 valence electrons. The first-order valence-corrected chi connectivity index (χ1v) is 10.6. The molecule has 0 bridgehead atoms. The number of hydrogen-bond acceptors (Lipinski definition) is 5. The van der Waals surface area contributed by atoms with E-state index in [9.17, 15) is 5.11 Å². The molecule has 0 radical (unpaired) electrons. The topological polar surface area (TPSA) is 57.2 Å². The predicted octanol–water partition coefficient (Wildman–Crippen LogP) is 4.55. The molecule has 0 aromatic heterocycles. The highest BCUT2D eigenvalue weighted by atomic mass is 16.8. The summed E-state index contributed by atoms with van der Waals surface area (Å²) in [6.45, 7) is 8.61. The lowest BCUT2D eigenvalue weighted by Crippen LogP contribution is -2.26. The number of unbranched alkanes of at least 4 members (excludes halogenated alkanes) is 7. The van der Waals surface area contributed by atoms with Crippen LogP contribution < -0.4 is 0 Å². The average molecular weight is 373 g/mol. The highest BCUT2D eigenvalue weighted by molar-refractivity contribution is 4.80. The Bertz CT molecular complexity index is 396. The van der Waals surface area contributed by atoms with Gasteiger partial charge in [-0.05, 0) is 40.5 Å². The van der Waals surface area contributed by atoms with Gasteiger partial charge < -0.3 is 24.1 Å². The van der Waals surface area contributed by atoms with Gasteiger partial charge in [0, 0.05) is 0 Å². The summed E-state index contributed by atoms with van der Waals surface area (Å²) in [7, 11) is 0. The Balaban J connectivity index is 1.38. The monoisotopic (exact) mass is 372 g/mol. The van der Waals surface area contributed by atoms with Gasteiger partial charge in [0.2, 0.25) is 0 Å². The van der Waals surface area contributed by atoms with Crippen LogP contribution in [-0.2, 0) is 18.9 Å². The van der Waals surface area contributed by atoms with Crippen LogP contribution >= 0.6 is 0 Å². The Hall–Kier alpha value is -0.200. The Labute approximate surface area is 159 Å². The van der Waals surface area contributed by atoms with Gasteiger partial charge in [-0.2, -0.15) is 0 Å². The van der Waals surface area contributed by atoms with Crippen molar-refractivity contribution >= 4 is 0 Å². The largest absolute Gasteiger partial charge is 0.394 e. The molecular weight excluding hydrogens is 332 g/mol. The second-order valence-corrected chi connectivity index (χ2v) is 8.75. The van der Waals surface area contributed by atoms with E-state index in [0.717, 1.165) is 25.9 Å². The second kappa shape index (κ2) is 10.4. The molecule has 5 nitrogen and oxygen atoms in total. The van der Waals surface area contributed by atoms with Crippen molar-refractivity contribution in [2.75, 3.05) is 13.2 Å². The fourth-order valence-electron chi connectivity index (χ4n) is 3.99. The molecule has 26 heavy (non-hydrogen) atoms. The van der Waals surface area contributed by atoms with Gasteiger partial charge in [0.25, 0.3) is 0 Å². The minimum atomic E-state index is -0.552. The van der Waals surface area contributed by atoms with Crippen molar-refractivity contribution in [3.05, 3.63) is 0 Å². The Kier molecular flexibility index (Phi) is 8.81. The summed E-state index contributed by atoms with van der Waals surface area (Å²) >= 11 is 0. The van der Waals surface area contributed by atoms with Gasteiger partial charge in [-0.15, -0.1) is 0 Å². The zero-order valence-electron chi connectivity index (χ0n) is 17.3. The van der Waals surface area contributed by atoms with Gasteiger partial charge in [-0.1, -0.05) is 51.4 Å². The molecule has 2 aliphatic rings. The number of aliphatic hydroxyl groups excluding tert-OH is 1. The molecule has 2 fully saturated rings. The van der Waals surface area contributed by atoms with E-state index in [2.05, 4.69) is 0 Å². The van der Waals surface area contributed by atoms with Crippen molar-refractivity contribution in [2.24, 2.45) is 0 Å². The quantitative estimate of drug-likeness (QED) is 0.509. The zero-order chi connectivity index (χ0) is 19.0. The van der Waals surface area contributed by atoms with E-state index in [4.69, 9.17) is 18.9 Å². The summed E-state index contributed by atoms with van der Waals surface area (Å²) in [4.78, 5) is 0. The lowest BCUT2D eigenvalue weighted by atomic mass is 10.0. The van der Waals surface area contributed by atoms with Crippen LogP contribution in [0.1, 0.15) is 91.9 Å². The van der Waals surface area contributed by atoms with Crippen LogP contribution in [0.15, 0.2) is 0 Å². The molecule has 5 heteroatoms. The van der Waals surface area contributed by atoms with Gasteiger partial charge in [-0.3, -0.25) is 0 Å². The molecule has 2 rings (SSSR count). The van der Waals surface area contributed by atoms with Crippen LogP contribution in [0, 0.1) is 0 Å². The standard InChI is InChI=1S/C21H40O5/c1-20(2)23-16-17(24-20)13-11-9-7-5-6-8-10-12-14-18-19(15-22)26-21(3,4)25-18/h17-19,22H,5-16H2,1-4H3/t17-,18-,19-/m1/s1. The summed E-state index contributed by atoms with van der Waals surface area (Å²) in [5.41, 5.74) is 0. The van der Waals surface area contributed by atoms with E-state index in [1.807, 2.05) is 27.7 Å². The van der Waals surface area contributed by atoms with Gasteiger partial charge in [0.15, 0.2) is 11.6 Å². The first kappa shape index (κ1) is 22.1. The van der Waals surface area contributed by atoms with Crippen molar-refractivity contribution in [3.8, 4) is 0 Å². The maximum Gasteiger partial charge on any atom is 0.163 e. The molecule has 1 N–H and O–H groups in total. The molecule has 2 heterocycles. The molecule has 0 aromatic carbocycles. The van der Waals surface area contributed by atoms with Gasteiger partial charge >= 0.3 is 0 Å². The molecule has 0 saturated carbocycles. The molecular formula is C21H40O5. The van der Waals surface area contributed by atoms with Crippen molar-refractivity contribution in [3.63, 3.8) is 0 Å². The number of hydrogen-bond donors (Lipinski definition) is 1. The normalized spacial score (nSPS) is 30.1.